The Morgan fingerprint density at radius 2 is 2.13 bits per heavy atom. The van der Waals surface area contributed by atoms with Gasteiger partial charge < -0.3 is 14.7 Å². The van der Waals surface area contributed by atoms with Crippen LogP contribution in [0.15, 0.2) is 22.7 Å². The van der Waals surface area contributed by atoms with Crippen molar-refractivity contribution in [3.05, 3.63) is 39.9 Å². The summed E-state index contributed by atoms with van der Waals surface area (Å²) in [6, 6.07) is 5.84. The number of urea groups is 1. The van der Waals surface area contributed by atoms with E-state index in [0.717, 1.165) is 53.4 Å². The number of benzene rings is 1. The number of aromatic nitrogens is 3. The Morgan fingerprint density at radius 1 is 1.33 bits per heavy atom. The number of likely N-dealkylation sites (tertiary alicyclic amines) is 1. The lowest BCUT2D eigenvalue weighted by Crippen LogP contribution is -2.44. The molecule has 3 aromatic rings. The van der Waals surface area contributed by atoms with E-state index in [9.17, 15) is 4.79 Å². The highest BCUT2D eigenvalue weighted by molar-refractivity contribution is 7.18. The molecule has 0 radical (unpaired) electrons. The fourth-order valence-corrected chi connectivity index (χ4v) is 4.86. The van der Waals surface area contributed by atoms with E-state index in [1.54, 1.807) is 11.3 Å². The lowest BCUT2D eigenvalue weighted by atomic mass is 9.98. The van der Waals surface area contributed by atoms with E-state index >= 15 is 0 Å². The second-order valence-electron chi connectivity index (χ2n) is 7.96. The zero-order valence-corrected chi connectivity index (χ0v) is 18.8. The van der Waals surface area contributed by atoms with Crippen LogP contribution in [0.1, 0.15) is 61.7 Å². The molecule has 2 aromatic heterocycles. The molecule has 9 heteroatoms. The molecule has 0 spiro atoms. The molecule has 3 heterocycles. The Morgan fingerprint density at radius 3 is 2.87 bits per heavy atom. The SMILES string of the molecule is CC(C)c1noc(CCCNC(=O)N2CCC(c3nc4cc(Cl)ccc4s3)CC2)n1. The second kappa shape index (κ2) is 9.31. The highest BCUT2D eigenvalue weighted by Gasteiger charge is 2.25. The van der Waals surface area contributed by atoms with Crippen LogP contribution in [0.5, 0.6) is 0 Å². The monoisotopic (exact) mass is 447 g/mol. The molecule has 1 N–H and O–H groups in total. The third-order valence-electron chi connectivity index (χ3n) is 5.34. The number of fused-ring (bicyclic) bond motifs is 1. The van der Waals surface area contributed by atoms with Gasteiger partial charge in [0.25, 0.3) is 0 Å². The van der Waals surface area contributed by atoms with Gasteiger partial charge in [-0.2, -0.15) is 4.98 Å². The van der Waals surface area contributed by atoms with Gasteiger partial charge in [-0.1, -0.05) is 30.6 Å². The third kappa shape index (κ3) is 4.92. The molecule has 160 valence electrons. The number of hydrogen-bond acceptors (Lipinski definition) is 6. The van der Waals surface area contributed by atoms with Crippen LogP contribution >= 0.6 is 22.9 Å². The minimum absolute atomic E-state index is 0.00192. The Bertz CT molecular complexity index is 1010. The minimum atomic E-state index is -0.00192. The molecule has 0 aliphatic carbocycles. The number of nitrogens with zero attached hydrogens (tertiary/aromatic N) is 4. The van der Waals surface area contributed by atoms with Gasteiger partial charge in [0.2, 0.25) is 5.89 Å². The number of piperidine rings is 1. The zero-order valence-electron chi connectivity index (χ0n) is 17.2. The summed E-state index contributed by atoms with van der Waals surface area (Å²) in [5.74, 6) is 2.02. The number of nitrogens with one attached hydrogen (secondary N) is 1. The third-order valence-corrected chi connectivity index (χ3v) is 6.78. The number of halogens is 1. The molecule has 0 atom stereocenters. The van der Waals surface area contributed by atoms with E-state index in [4.69, 9.17) is 21.1 Å². The number of hydrogen-bond donors (Lipinski definition) is 1. The van der Waals surface area contributed by atoms with E-state index in [2.05, 4.69) is 15.5 Å². The van der Waals surface area contributed by atoms with Crippen molar-refractivity contribution in [3.63, 3.8) is 0 Å². The number of amides is 2. The van der Waals surface area contributed by atoms with Crippen molar-refractivity contribution < 1.29 is 9.32 Å². The predicted octanol–water partition coefficient (Wildman–Crippen LogP) is 4.98. The van der Waals surface area contributed by atoms with Gasteiger partial charge in [-0.25, -0.2) is 9.78 Å². The van der Waals surface area contributed by atoms with Crippen molar-refractivity contribution >= 4 is 39.2 Å². The van der Waals surface area contributed by atoms with E-state index in [-0.39, 0.29) is 11.9 Å². The van der Waals surface area contributed by atoms with Crippen molar-refractivity contribution in [1.29, 1.82) is 0 Å². The lowest BCUT2D eigenvalue weighted by Gasteiger charge is -2.31. The number of carbonyl (C=O) groups excluding carboxylic acids is 1. The molecule has 0 bridgehead atoms. The molecule has 1 aliphatic heterocycles. The molecule has 1 saturated heterocycles. The predicted molar refractivity (Wildman–Crippen MR) is 118 cm³/mol. The van der Waals surface area contributed by atoms with Crippen LogP contribution in [0.25, 0.3) is 10.2 Å². The smallest absolute Gasteiger partial charge is 0.317 e. The summed E-state index contributed by atoms with van der Waals surface area (Å²) in [5.41, 5.74) is 0.962. The fourth-order valence-electron chi connectivity index (χ4n) is 3.57. The molecular weight excluding hydrogens is 422 g/mol. The van der Waals surface area contributed by atoms with Crippen LogP contribution < -0.4 is 5.32 Å². The summed E-state index contributed by atoms with van der Waals surface area (Å²) in [4.78, 5) is 23.5. The molecular formula is C21H26ClN5O2S. The van der Waals surface area contributed by atoms with Crippen molar-refractivity contribution in [1.82, 2.24) is 25.3 Å². The zero-order chi connectivity index (χ0) is 21.1. The first-order valence-electron chi connectivity index (χ1n) is 10.4. The first-order chi connectivity index (χ1) is 14.5. The largest absolute Gasteiger partial charge is 0.339 e. The maximum absolute atomic E-state index is 12.5. The first kappa shape index (κ1) is 21.1. The van der Waals surface area contributed by atoms with E-state index in [1.807, 2.05) is 36.9 Å². The van der Waals surface area contributed by atoms with Crippen molar-refractivity contribution in [2.24, 2.45) is 0 Å². The van der Waals surface area contributed by atoms with Gasteiger partial charge in [0, 0.05) is 42.9 Å². The Hall–Kier alpha value is -2.19. The van der Waals surface area contributed by atoms with Crippen LogP contribution in [0.2, 0.25) is 5.02 Å². The average molecular weight is 448 g/mol. The van der Waals surface area contributed by atoms with E-state index < -0.39 is 0 Å². The normalized spacial score (nSPS) is 15.3. The summed E-state index contributed by atoms with van der Waals surface area (Å²) in [7, 11) is 0. The Kier molecular flexibility index (Phi) is 6.53. The summed E-state index contributed by atoms with van der Waals surface area (Å²) in [6.45, 7) is 6.15. The van der Waals surface area contributed by atoms with Gasteiger partial charge in [0.15, 0.2) is 5.82 Å². The lowest BCUT2D eigenvalue weighted by molar-refractivity contribution is 0.181. The summed E-state index contributed by atoms with van der Waals surface area (Å²) in [6.07, 6.45) is 3.31. The maximum atomic E-state index is 12.5. The fraction of sp³-hybridized carbons (Fsp3) is 0.524. The van der Waals surface area contributed by atoms with Gasteiger partial charge in [-0.05, 0) is 37.5 Å². The van der Waals surface area contributed by atoms with E-state index in [1.165, 1.54) is 0 Å². The van der Waals surface area contributed by atoms with Gasteiger partial charge in [-0.3, -0.25) is 0 Å². The second-order valence-corrected chi connectivity index (χ2v) is 9.46. The van der Waals surface area contributed by atoms with Gasteiger partial charge >= 0.3 is 6.03 Å². The van der Waals surface area contributed by atoms with Gasteiger partial charge in [-0.15, -0.1) is 11.3 Å². The Labute approximate surface area is 184 Å². The highest BCUT2D eigenvalue weighted by Crippen LogP contribution is 2.34. The van der Waals surface area contributed by atoms with Crippen molar-refractivity contribution in [2.45, 2.75) is 51.4 Å². The quantitative estimate of drug-likeness (QED) is 0.539. The van der Waals surface area contributed by atoms with E-state index in [0.29, 0.717) is 29.8 Å². The van der Waals surface area contributed by atoms with Crippen LogP contribution in [0.3, 0.4) is 0 Å². The molecule has 30 heavy (non-hydrogen) atoms. The molecule has 0 unspecified atom stereocenters. The topological polar surface area (TPSA) is 84.2 Å². The average Bonchev–Trinajstić information content (AvgIpc) is 3.38. The summed E-state index contributed by atoms with van der Waals surface area (Å²) in [5, 5.41) is 8.82. The minimum Gasteiger partial charge on any atom is -0.339 e. The highest BCUT2D eigenvalue weighted by atomic mass is 35.5. The molecule has 1 fully saturated rings. The standard InChI is InChI=1S/C21H26ClN5O2S/c1-13(2)19-25-18(29-26-19)4-3-9-23-21(28)27-10-7-14(8-11-27)20-24-16-12-15(22)5-6-17(16)30-20/h5-6,12-14H,3-4,7-11H2,1-2H3,(H,23,28). The van der Waals surface area contributed by atoms with Gasteiger partial charge in [0.05, 0.1) is 15.2 Å². The molecule has 7 nitrogen and oxygen atoms in total. The van der Waals surface area contributed by atoms with Crippen LogP contribution in [-0.4, -0.2) is 45.7 Å². The number of rotatable bonds is 6. The van der Waals surface area contributed by atoms with Crippen LogP contribution in [0.4, 0.5) is 4.79 Å². The van der Waals surface area contributed by atoms with Gasteiger partial charge in [0.1, 0.15) is 0 Å². The summed E-state index contributed by atoms with van der Waals surface area (Å²) < 4.78 is 6.40. The van der Waals surface area contributed by atoms with Crippen LogP contribution in [-0.2, 0) is 6.42 Å². The number of carbonyl (C=O) groups is 1. The molecule has 2 amide bonds. The molecule has 1 aromatic carbocycles. The summed E-state index contributed by atoms with van der Waals surface area (Å²) >= 11 is 7.80. The van der Waals surface area contributed by atoms with Crippen molar-refractivity contribution in [3.8, 4) is 0 Å². The maximum Gasteiger partial charge on any atom is 0.317 e. The van der Waals surface area contributed by atoms with Crippen LogP contribution in [0, 0.1) is 0 Å². The molecule has 4 rings (SSSR count). The van der Waals surface area contributed by atoms with Crippen molar-refractivity contribution in [2.75, 3.05) is 19.6 Å². The Balaban J connectivity index is 1.21. The number of aryl methyl sites for hydroxylation is 1. The first-order valence-corrected chi connectivity index (χ1v) is 11.6. The molecule has 0 saturated carbocycles. The molecule has 1 aliphatic rings. The number of thiazole rings is 1.